The molecule has 0 unspecified atom stereocenters. The summed E-state index contributed by atoms with van der Waals surface area (Å²) in [6.45, 7) is 5.50. The summed E-state index contributed by atoms with van der Waals surface area (Å²) in [6.07, 6.45) is 0. The Kier molecular flexibility index (Phi) is 4.70. The van der Waals surface area contributed by atoms with Crippen molar-refractivity contribution < 1.29 is 14.3 Å². The summed E-state index contributed by atoms with van der Waals surface area (Å²) < 4.78 is 6.27. The van der Waals surface area contributed by atoms with E-state index in [4.69, 9.17) is 10.5 Å². The number of nitrogens with zero attached hydrogens (tertiary/aromatic N) is 2. The van der Waals surface area contributed by atoms with E-state index in [0.29, 0.717) is 23.6 Å². The summed E-state index contributed by atoms with van der Waals surface area (Å²) in [6, 6.07) is 0. The summed E-state index contributed by atoms with van der Waals surface area (Å²) in [5.41, 5.74) is 7.68. The van der Waals surface area contributed by atoms with Gasteiger partial charge >= 0.3 is 5.97 Å². The highest BCUT2D eigenvalue weighted by atomic mass is 16.5. The highest BCUT2D eigenvalue weighted by molar-refractivity contribution is 5.80. The number of amides is 1. The molecule has 0 atom stereocenters. The van der Waals surface area contributed by atoms with Crippen LogP contribution in [0.1, 0.15) is 18.3 Å². The van der Waals surface area contributed by atoms with Crippen molar-refractivity contribution in [3.8, 4) is 0 Å². The molecular formula is C11H18N4O3. The normalized spacial score (nSPS) is 10.2. The number of nitrogens with one attached hydrogen (secondary N) is 1. The predicted octanol–water partition coefficient (Wildman–Crippen LogP) is -0.239. The molecule has 0 saturated carbocycles. The molecule has 7 nitrogen and oxygen atoms in total. The molecule has 1 aromatic heterocycles. The molecule has 3 N–H and O–H groups in total. The average molecular weight is 254 g/mol. The van der Waals surface area contributed by atoms with Crippen LogP contribution < -0.4 is 11.1 Å². The molecule has 7 heteroatoms. The van der Waals surface area contributed by atoms with Gasteiger partial charge in [-0.1, -0.05) is 0 Å². The quantitative estimate of drug-likeness (QED) is 0.706. The number of rotatable bonds is 5. The van der Waals surface area contributed by atoms with E-state index in [1.54, 1.807) is 20.8 Å². The number of esters is 1. The van der Waals surface area contributed by atoms with Crippen molar-refractivity contribution >= 4 is 17.6 Å². The van der Waals surface area contributed by atoms with Crippen LogP contribution in [-0.2, 0) is 20.9 Å². The van der Waals surface area contributed by atoms with Crippen LogP contribution in [0.5, 0.6) is 0 Å². The van der Waals surface area contributed by atoms with Gasteiger partial charge in [0.15, 0.2) is 6.61 Å². The number of carbonyl (C=O) groups is 2. The smallest absolute Gasteiger partial charge is 0.328 e. The van der Waals surface area contributed by atoms with Crippen molar-refractivity contribution in [2.24, 2.45) is 0 Å². The van der Waals surface area contributed by atoms with Crippen molar-refractivity contribution in [1.82, 2.24) is 15.1 Å². The number of hydrogen-bond acceptors (Lipinski definition) is 5. The van der Waals surface area contributed by atoms with Crippen LogP contribution in [0.3, 0.4) is 0 Å². The lowest BCUT2D eigenvalue weighted by molar-refractivity contribution is -0.149. The van der Waals surface area contributed by atoms with Gasteiger partial charge in [0.25, 0.3) is 5.91 Å². The summed E-state index contributed by atoms with van der Waals surface area (Å²) in [4.78, 5) is 22.6. The standard InChI is InChI=1S/C11H18N4O3/c1-4-13-9(16)6-18-10(17)5-15-8(3)11(12)7(2)14-15/h4-6,12H2,1-3H3,(H,13,16). The van der Waals surface area contributed by atoms with Crippen LogP contribution in [0.25, 0.3) is 0 Å². The van der Waals surface area contributed by atoms with Gasteiger partial charge in [0, 0.05) is 6.54 Å². The number of nitrogens with two attached hydrogens (primary N) is 1. The molecule has 0 bridgehead atoms. The van der Waals surface area contributed by atoms with E-state index in [1.807, 2.05) is 0 Å². The van der Waals surface area contributed by atoms with E-state index >= 15 is 0 Å². The topological polar surface area (TPSA) is 99.2 Å². The first-order valence-corrected chi connectivity index (χ1v) is 5.67. The van der Waals surface area contributed by atoms with Crippen molar-refractivity contribution in [3.05, 3.63) is 11.4 Å². The molecule has 0 spiro atoms. The Bertz CT molecular complexity index is 453. The lowest BCUT2D eigenvalue weighted by Gasteiger charge is -2.06. The van der Waals surface area contributed by atoms with Crippen molar-refractivity contribution in [1.29, 1.82) is 0 Å². The number of aromatic nitrogens is 2. The first kappa shape index (κ1) is 14.0. The third kappa shape index (κ3) is 3.47. The molecule has 1 heterocycles. The van der Waals surface area contributed by atoms with Crippen LogP contribution in [0, 0.1) is 13.8 Å². The second-order valence-electron chi connectivity index (χ2n) is 3.86. The molecule has 1 amide bonds. The van der Waals surface area contributed by atoms with Gasteiger partial charge in [-0.15, -0.1) is 0 Å². The van der Waals surface area contributed by atoms with Gasteiger partial charge < -0.3 is 15.8 Å². The lowest BCUT2D eigenvalue weighted by Crippen LogP contribution is -2.29. The zero-order valence-corrected chi connectivity index (χ0v) is 10.8. The molecule has 0 aliphatic rings. The van der Waals surface area contributed by atoms with Crippen LogP contribution >= 0.6 is 0 Å². The molecule has 0 aliphatic heterocycles. The third-order valence-electron chi connectivity index (χ3n) is 2.45. The SMILES string of the molecule is CCNC(=O)COC(=O)Cn1nc(C)c(N)c1C. The molecule has 0 aliphatic carbocycles. The third-order valence-corrected chi connectivity index (χ3v) is 2.45. The zero-order chi connectivity index (χ0) is 13.7. The molecule has 0 aromatic carbocycles. The maximum atomic E-state index is 11.5. The van der Waals surface area contributed by atoms with Crippen LogP contribution in [0.2, 0.25) is 0 Å². The largest absolute Gasteiger partial charge is 0.454 e. The fourth-order valence-electron chi connectivity index (χ4n) is 1.43. The Hall–Kier alpha value is -2.05. The van der Waals surface area contributed by atoms with Gasteiger partial charge in [-0.05, 0) is 20.8 Å². The number of aryl methyl sites for hydroxylation is 1. The monoisotopic (exact) mass is 254 g/mol. The predicted molar refractivity (Wildman–Crippen MR) is 65.8 cm³/mol. The van der Waals surface area contributed by atoms with Gasteiger partial charge in [0.05, 0.1) is 17.1 Å². The van der Waals surface area contributed by atoms with E-state index in [-0.39, 0.29) is 19.1 Å². The maximum absolute atomic E-state index is 11.5. The molecule has 1 rings (SSSR count). The van der Waals surface area contributed by atoms with E-state index in [0.717, 1.165) is 0 Å². The Labute approximate surface area is 105 Å². The van der Waals surface area contributed by atoms with Gasteiger partial charge in [0.2, 0.25) is 0 Å². The highest BCUT2D eigenvalue weighted by Crippen LogP contribution is 2.14. The molecule has 1 aromatic rings. The molecule has 0 fully saturated rings. The van der Waals surface area contributed by atoms with E-state index in [1.165, 1.54) is 4.68 Å². The fraction of sp³-hybridized carbons (Fsp3) is 0.545. The second kappa shape index (κ2) is 6.04. The molecule has 100 valence electrons. The van der Waals surface area contributed by atoms with E-state index in [2.05, 4.69) is 10.4 Å². The summed E-state index contributed by atoms with van der Waals surface area (Å²) in [7, 11) is 0. The summed E-state index contributed by atoms with van der Waals surface area (Å²) >= 11 is 0. The van der Waals surface area contributed by atoms with Gasteiger partial charge in [-0.3, -0.25) is 14.3 Å². The maximum Gasteiger partial charge on any atom is 0.328 e. The first-order chi connectivity index (χ1) is 8.45. The van der Waals surface area contributed by atoms with Gasteiger partial charge in [0.1, 0.15) is 6.54 Å². The Balaban J connectivity index is 2.50. The molecule has 0 saturated heterocycles. The number of ether oxygens (including phenoxy) is 1. The van der Waals surface area contributed by atoms with Crippen molar-refractivity contribution in [3.63, 3.8) is 0 Å². The second-order valence-corrected chi connectivity index (χ2v) is 3.86. The number of carbonyl (C=O) groups excluding carboxylic acids is 2. The van der Waals surface area contributed by atoms with Crippen molar-refractivity contribution in [2.75, 3.05) is 18.9 Å². The van der Waals surface area contributed by atoms with Crippen LogP contribution in [0.4, 0.5) is 5.69 Å². The molecular weight excluding hydrogens is 236 g/mol. The Morgan fingerprint density at radius 3 is 2.61 bits per heavy atom. The Morgan fingerprint density at radius 1 is 1.44 bits per heavy atom. The molecule has 18 heavy (non-hydrogen) atoms. The minimum absolute atomic E-state index is 0.0523. The molecule has 0 radical (unpaired) electrons. The number of nitrogen functional groups attached to an aromatic ring is 1. The van der Waals surface area contributed by atoms with E-state index in [9.17, 15) is 9.59 Å². The summed E-state index contributed by atoms with van der Waals surface area (Å²) in [5.74, 6) is -0.842. The van der Waals surface area contributed by atoms with Crippen LogP contribution in [-0.4, -0.2) is 34.8 Å². The minimum Gasteiger partial charge on any atom is -0.454 e. The van der Waals surface area contributed by atoms with Gasteiger partial charge in [-0.2, -0.15) is 5.10 Å². The lowest BCUT2D eigenvalue weighted by atomic mass is 10.3. The average Bonchev–Trinajstić information content (AvgIpc) is 2.55. The van der Waals surface area contributed by atoms with E-state index < -0.39 is 5.97 Å². The highest BCUT2D eigenvalue weighted by Gasteiger charge is 2.13. The van der Waals surface area contributed by atoms with Crippen LogP contribution in [0.15, 0.2) is 0 Å². The fourth-order valence-corrected chi connectivity index (χ4v) is 1.43. The van der Waals surface area contributed by atoms with Gasteiger partial charge in [-0.25, -0.2) is 0 Å². The number of likely N-dealkylation sites (N-methyl/N-ethyl adjacent to an activating group) is 1. The Morgan fingerprint density at radius 2 is 2.11 bits per heavy atom. The van der Waals surface area contributed by atoms with Crippen molar-refractivity contribution in [2.45, 2.75) is 27.3 Å². The first-order valence-electron chi connectivity index (χ1n) is 5.67. The summed E-state index contributed by atoms with van der Waals surface area (Å²) in [5, 5.41) is 6.63. The number of anilines is 1. The zero-order valence-electron chi connectivity index (χ0n) is 10.8. The number of hydrogen-bond donors (Lipinski definition) is 2. The minimum atomic E-state index is -0.521.